The Bertz CT molecular complexity index is 431. The molecule has 1 atom stereocenters. The van der Waals surface area contributed by atoms with E-state index in [2.05, 4.69) is 15.6 Å². The summed E-state index contributed by atoms with van der Waals surface area (Å²) in [5.74, 6) is -0.445. The van der Waals surface area contributed by atoms with Crippen LogP contribution >= 0.6 is 0 Å². The predicted molar refractivity (Wildman–Crippen MR) is 58.7 cm³/mol. The first-order chi connectivity index (χ1) is 7.66. The molecule has 2 N–H and O–H groups in total. The fourth-order valence-corrected chi connectivity index (χ4v) is 1.64. The zero-order valence-corrected chi connectivity index (χ0v) is 8.99. The number of nitrogens with one attached hydrogen (secondary N) is 2. The maximum atomic E-state index is 11.8. The third-order valence-electron chi connectivity index (χ3n) is 2.63. The van der Waals surface area contributed by atoms with Crippen molar-refractivity contribution in [2.24, 2.45) is 5.92 Å². The molecule has 0 bridgehead atoms. The van der Waals surface area contributed by atoms with Crippen LogP contribution in [0.5, 0.6) is 0 Å². The van der Waals surface area contributed by atoms with Gasteiger partial charge in [0, 0.05) is 31.0 Å². The van der Waals surface area contributed by atoms with Crippen molar-refractivity contribution in [1.29, 1.82) is 0 Å². The van der Waals surface area contributed by atoms with Gasteiger partial charge in [-0.15, -0.1) is 0 Å². The topological polar surface area (TPSA) is 71.1 Å². The molecular formula is C11H13N3O2. The minimum atomic E-state index is -0.264. The minimum Gasteiger partial charge on any atom is -0.355 e. The first-order valence-electron chi connectivity index (χ1n) is 5.15. The molecule has 1 saturated heterocycles. The van der Waals surface area contributed by atoms with E-state index in [0.29, 0.717) is 6.54 Å². The number of aryl methyl sites for hydroxylation is 1. The molecule has 1 aromatic rings. The number of anilines is 1. The van der Waals surface area contributed by atoms with Crippen molar-refractivity contribution in [3.05, 3.63) is 24.0 Å². The van der Waals surface area contributed by atoms with Gasteiger partial charge in [-0.25, -0.2) is 0 Å². The molecule has 2 amide bonds. The summed E-state index contributed by atoms with van der Waals surface area (Å²) in [6.07, 6.45) is 3.59. The first-order valence-corrected chi connectivity index (χ1v) is 5.15. The monoisotopic (exact) mass is 219 g/mol. The van der Waals surface area contributed by atoms with Crippen LogP contribution in [0.1, 0.15) is 12.0 Å². The highest BCUT2D eigenvalue weighted by Gasteiger charge is 2.27. The maximum absolute atomic E-state index is 11.8. The molecule has 0 radical (unpaired) electrons. The van der Waals surface area contributed by atoms with Gasteiger partial charge in [0.2, 0.25) is 11.8 Å². The zero-order chi connectivity index (χ0) is 11.5. The average molecular weight is 219 g/mol. The van der Waals surface area contributed by atoms with E-state index in [0.717, 1.165) is 11.3 Å². The summed E-state index contributed by atoms with van der Waals surface area (Å²) in [5.41, 5.74) is 1.66. The molecule has 16 heavy (non-hydrogen) atoms. The van der Waals surface area contributed by atoms with Crippen molar-refractivity contribution in [2.45, 2.75) is 13.3 Å². The summed E-state index contributed by atoms with van der Waals surface area (Å²) in [6.45, 7) is 2.30. The molecule has 1 aromatic heterocycles. The zero-order valence-electron chi connectivity index (χ0n) is 8.99. The summed E-state index contributed by atoms with van der Waals surface area (Å²) < 4.78 is 0. The van der Waals surface area contributed by atoms with E-state index in [1.165, 1.54) is 0 Å². The Morgan fingerprint density at radius 3 is 3.06 bits per heavy atom. The number of pyridine rings is 1. The standard InChI is InChI=1S/C11H13N3O2/c1-7-5-12-3-2-9(7)14-11(16)8-4-10(15)13-6-8/h2-3,5,8H,4,6H2,1H3,(H,13,15)(H,12,14,16). The molecule has 1 aliphatic heterocycles. The van der Waals surface area contributed by atoms with Gasteiger partial charge >= 0.3 is 0 Å². The van der Waals surface area contributed by atoms with Crippen LogP contribution in [0.2, 0.25) is 0 Å². The second kappa shape index (κ2) is 4.30. The molecular weight excluding hydrogens is 206 g/mol. The molecule has 0 saturated carbocycles. The molecule has 1 unspecified atom stereocenters. The number of hydrogen-bond acceptors (Lipinski definition) is 3. The molecule has 0 spiro atoms. The van der Waals surface area contributed by atoms with E-state index in [9.17, 15) is 9.59 Å². The number of rotatable bonds is 2. The molecule has 5 nitrogen and oxygen atoms in total. The Hall–Kier alpha value is -1.91. The molecule has 84 valence electrons. The second-order valence-electron chi connectivity index (χ2n) is 3.88. The van der Waals surface area contributed by atoms with Crippen LogP contribution < -0.4 is 10.6 Å². The molecule has 2 heterocycles. The van der Waals surface area contributed by atoms with E-state index in [1.807, 2.05) is 6.92 Å². The van der Waals surface area contributed by atoms with Crippen LogP contribution in [0.15, 0.2) is 18.5 Å². The second-order valence-corrected chi connectivity index (χ2v) is 3.88. The Morgan fingerprint density at radius 2 is 2.44 bits per heavy atom. The molecule has 0 aliphatic carbocycles. The van der Waals surface area contributed by atoms with Crippen LogP contribution in [-0.4, -0.2) is 23.3 Å². The van der Waals surface area contributed by atoms with Crippen molar-refractivity contribution in [3.63, 3.8) is 0 Å². The van der Waals surface area contributed by atoms with Crippen LogP contribution in [-0.2, 0) is 9.59 Å². The van der Waals surface area contributed by atoms with Gasteiger partial charge in [-0.2, -0.15) is 0 Å². The highest BCUT2D eigenvalue weighted by Crippen LogP contribution is 2.16. The minimum absolute atomic E-state index is 0.0633. The molecule has 1 aliphatic rings. The van der Waals surface area contributed by atoms with Crippen LogP contribution in [0, 0.1) is 12.8 Å². The number of aromatic nitrogens is 1. The molecule has 5 heteroatoms. The normalized spacial score (nSPS) is 19.3. The smallest absolute Gasteiger partial charge is 0.229 e. The van der Waals surface area contributed by atoms with Gasteiger partial charge in [-0.05, 0) is 18.6 Å². The van der Waals surface area contributed by atoms with Crippen LogP contribution in [0.3, 0.4) is 0 Å². The van der Waals surface area contributed by atoms with E-state index in [4.69, 9.17) is 0 Å². The van der Waals surface area contributed by atoms with Gasteiger partial charge in [-0.3, -0.25) is 14.6 Å². The van der Waals surface area contributed by atoms with Gasteiger partial charge in [0.15, 0.2) is 0 Å². The lowest BCUT2D eigenvalue weighted by molar-refractivity contribution is -0.123. The van der Waals surface area contributed by atoms with E-state index < -0.39 is 0 Å². The Labute approximate surface area is 93.3 Å². The lowest BCUT2D eigenvalue weighted by Crippen LogP contribution is -2.25. The third-order valence-corrected chi connectivity index (χ3v) is 2.63. The lowest BCUT2D eigenvalue weighted by atomic mass is 10.1. The molecule has 1 fully saturated rings. The molecule has 2 rings (SSSR count). The SMILES string of the molecule is Cc1cnccc1NC(=O)C1CNC(=O)C1. The summed E-state index contributed by atoms with van der Waals surface area (Å²) in [5, 5.41) is 5.44. The van der Waals surface area contributed by atoms with Crippen LogP contribution in [0.25, 0.3) is 0 Å². The highest BCUT2D eigenvalue weighted by atomic mass is 16.2. The maximum Gasteiger partial charge on any atom is 0.229 e. The van der Waals surface area contributed by atoms with Crippen molar-refractivity contribution in [1.82, 2.24) is 10.3 Å². The summed E-state index contributed by atoms with van der Waals surface area (Å²) >= 11 is 0. The number of nitrogens with zero attached hydrogens (tertiary/aromatic N) is 1. The summed E-state index contributed by atoms with van der Waals surface area (Å²) in [6, 6.07) is 1.75. The first kappa shape index (κ1) is 10.6. The Morgan fingerprint density at radius 1 is 1.62 bits per heavy atom. The predicted octanol–water partition coefficient (Wildman–Crippen LogP) is 0.465. The van der Waals surface area contributed by atoms with Crippen molar-refractivity contribution in [2.75, 3.05) is 11.9 Å². The van der Waals surface area contributed by atoms with Gasteiger partial charge in [0.1, 0.15) is 0 Å². The Kier molecular flexibility index (Phi) is 2.85. The van der Waals surface area contributed by atoms with Gasteiger partial charge in [0.05, 0.1) is 5.92 Å². The number of hydrogen-bond donors (Lipinski definition) is 2. The summed E-state index contributed by atoms with van der Waals surface area (Å²) in [7, 11) is 0. The fourth-order valence-electron chi connectivity index (χ4n) is 1.64. The average Bonchev–Trinajstić information content (AvgIpc) is 2.68. The van der Waals surface area contributed by atoms with E-state index in [-0.39, 0.29) is 24.2 Å². The van der Waals surface area contributed by atoms with Crippen molar-refractivity contribution >= 4 is 17.5 Å². The number of carbonyl (C=O) groups excluding carboxylic acids is 2. The highest BCUT2D eigenvalue weighted by molar-refractivity contribution is 5.97. The Balaban J connectivity index is 2.03. The largest absolute Gasteiger partial charge is 0.355 e. The van der Waals surface area contributed by atoms with Gasteiger partial charge < -0.3 is 10.6 Å². The van der Waals surface area contributed by atoms with E-state index in [1.54, 1.807) is 18.5 Å². The fraction of sp³-hybridized carbons (Fsp3) is 0.364. The number of amides is 2. The van der Waals surface area contributed by atoms with Gasteiger partial charge in [-0.1, -0.05) is 0 Å². The molecule has 0 aromatic carbocycles. The summed E-state index contributed by atoms with van der Waals surface area (Å²) in [4.78, 5) is 26.7. The lowest BCUT2D eigenvalue weighted by Gasteiger charge is -2.10. The van der Waals surface area contributed by atoms with Crippen molar-refractivity contribution < 1.29 is 9.59 Å². The van der Waals surface area contributed by atoms with Gasteiger partial charge in [0.25, 0.3) is 0 Å². The van der Waals surface area contributed by atoms with Crippen LogP contribution in [0.4, 0.5) is 5.69 Å². The van der Waals surface area contributed by atoms with E-state index >= 15 is 0 Å². The number of carbonyl (C=O) groups is 2. The third kappa shape index (κ3) is 2.18. The van der Waals surface area contributed by atoms with Crippen molar-refractivity contribution in [3.8, 4) is 0 Å². The quantitative estimate of drug-likeness (QED) is 0.759.